The summed E-state index contributed by atoms with van der Waals surface area (Å²) >= 11 is 0. The highest BCUT2D eigenvalue weighted by Gasteiger charge is 2.55. The van der Waals surface area contributed by atoms with Gasteiger partial charge in [0, 0.05) is 62.2 Å². The Morgan fingerprint density at radius 1 is 1.16 bits per heavy atom. The fraction of sp³-hybridized carbons (Fsp3) is 0.423. The van der Waals surface area contributed by atoms with Gasteiger partial charge in [0.1, 0.15) is 5.75 Å². The van der Waals surface area contributed by atoms with E-state index in [1.165, 1.54) is 5.56 Å². The third-order valence-electron chi connectivity index (χ3n) is 7.34. The highest BCUT2D eigenvalue weighted by Crippen LogP contribution is 2.43. The van der Waals surface area contributed by atoms with Crippen molar-refractivity contribution in [2.24, 2.45) is 5.92 Å². The van der Waals surface area contributed by atoms with Crippen LogP contribution in [-0.2, 0) is 11.8 Å². The van der Waals surface area contributed by atoms with E-state index in [4.69, 9.17) is 4.74 Å². The summed E-state index contributed by atoms with van der Waals surface area (Å²) in [6, 6.07) is 16.6. The Bertz CT molecular complexity index is 958. The molecule has 2 unspecified atom stereocenters. The van der Waals surface area contributed by atoms with E-state index in [1.54, 1.807) is 7.11 Å². The van der Waals surface area contributed by atoms with Crippen molar-refractivity contribution in [3.05, 3.63) is 77.9 Å². The Hall–Kier alpha value is -2.63. The second-order valence-electron chi connectivity index (χ2n) is 9.22. The summed E-state index contributed by atoms with van der Waals surface area (Å²) in [5.74, 6) is 1.23. The molecule has 3 atom stereocenters. The minimum Gasteiger partial charge on any atom is -0.496 e. The summed E-state index contributed by atoms with van der Waals surface area (Å²) in [4.78, 5) is 18.6. The van der Waals surface area contributed by atoms with E-state index in [-0.39, 0.29) is 17.4 Å². The molecule has 1 N–H and O–H groups in total. The Kier molecular flexibility index (Phi) is 5.32. The van der Waals surface area contributed by atoms with Crippen molar-refractivity contribution in [2.45, 2.75) is 17.9 Å². The highest BCUT2D eigenvalue weighted by atomic mass is 16.5. The first-order valence-corrected chi connectivity index (χ1v) is 11.2. The van der Waals surface area contributed by atoms with Crippen molar-refractivity contribution in [3.8, 4) is 5.75 Å². The van der Waals surface area contributed by atoms with E-state index in [0.29, 0.717) is 17.9 Å². The molecule has 0 aliphatic carbocycles. The van der Waals surface area contributed by atoms with Crippen LogP contribution in [-0.4, -0.2) is 68.1 Å². The largest absolute Gasteiger partial charge is 0.496 e. The van der Waals surface area contributed by atoms with Crippen LogP contribution < -0.4 is 10.1 Å². The molecule has 5 heteroatoms. The molecule has 4 heterocycles. The van der Waals surface area contributed by atoms with Gasteiger partial charge in [-0.05, 0) is 35.7 Å². The van der Waals surface area contributed by atoms with Gasteiger partial charge in [0.2, 0.25) is 0 Å². The van der Waals surface area contributed by atoms with Gasteiger partial charge in [-0.2, -0.15) is 0 Å². The Balaban J connectivity index is 1.48. The summed E-state index contributed by atoms with van der Waals surface area (Å²) in [7, 11) is 1.66. The van der Waals surface area contributed by atoms with Gasteiger partial charge in [-0.3, -0.25) is 4.79 Å². The number of fused-ring (bicyclic) bond motifs is 1. The number of hydrogen-bond donors (Lipinski definition) is 1. The lowest BCUT2D eigenvalue weighted by Crippen LogP contribution is -2.70. The zero-order valence-corrected chi connectivity index (χ0v) is 18.2. The number of nitrogens with one attached hydrogen (secondary N) is 1. The third-order valence-corrected chi connectivity index (χ3v) is 7.34. The lowest BCUT2D eigenvalue weighted by Gasteiger charge is -2.55. The predicted octanol–water partition coefficient (Wildman–Crippen LogP) is 2.72. The molecular formula is C26H31N3O2. The molecule has 4 aliphatic heterocycles. The van der Waals surface area contributed by atoms with Gasteiger partial charge in [-0.15, -0.1) is 6.58 Å². The van der Waals surface area contributed by atoms with Crippen LogP contribution in [0.15, 0.2) is 61.2 Å². The van der Waals surface area contributed by atoms with Gasteiger partial charge >= 0.3 is 0 Å². The second-order valence-corrected chi connectivity index (χ2v) is 9.22. The molecule has 4 aliphatic rings. The molecule has 4 fully saturated rings. The number of allylic oxidation sites excluding steroid dienone is 1. The first-order valence-electron chi connectivity index (χ1n) is 11.2. The lowest BCUT2D eigenvalue weighted by molar-refractivity contribution is 0.0180. The molecule has 31 heavy (non-hydrogen) atoms. The number of methoxy groups -OCH3 is 1. The number of piperidine rings is 2. The molecule has 162 valence electrons. The number of ether oxygens (including phenoxy) is 1. The van der Waals surface area contributed by atoms with E-state index in [2.05, 4.69) is 52.0 Å². The Morgan fingerprint density at radius 2 is 1.87 bits per heavy atom. The van der Waals surface area contributed by atoms with E-state index >= 15 is 0 Å². The van der Waals surface area contributed by atoms with Crippen molar-refractivity contribution >= 4 is 5.91 Å². The van der Waals surface area contributed by atoms with E-state index in [9.17, 15) is 4.79 Å². The van der Waals surface area contributed by atoms with Crippen LogP contribution in [0.2, 0.25) is 0 Å². The smallest absolute Gasteiger partial charge is 0.251 e. The molecule has 2 aromatic carbocycles. The van der Waals surface area contributed by atoms with E-state index in [0.717, 1.165) is 50.6 Å². The van der Waals surface area contributed by atoms with Gasteiger partial charge < -0.3 is 19.9 Å². The second kappa shape index (κ2) is 8.13. The summed E-state index contributed by atoms with van der Waals surface area (Å²) < 4.78 is 5.46. The van der Waals surface area contributed by atoms with Crippen LogP contribution in [0.4, 0.5) is 0 Å². The van der Waals surface area contributed by atoms with Crippen molar-refractivity contribution in [1.29, 1.82) is 0 Å². The maximum Gasteiger partial charge on any atom is 0.251 e. The number of hydrogen-bond acceptors (Lipinski definition) is 4. The minimum absolute atomic E-state index is 0.00409. The van der Waals surface area contributed by atoms with Gasteiger partial charge in [-0.1, -0.05) is 36.4 Å². The van der Waals surface area contributed by atoms with Gasteiger partial charge in [0.25, 0.3) is 5.91 Å². The Labute approximate surface area is 184 Å². The molecule has 4 saturated heterocycles. The number of carbonyl (C=O) groups excluding carboxylic acids is 1. The summed E-state index contributed by atoms with van der Waals surface area (Å²) in [6.45, 7) is 10.2. The molecule has 1 amide bonds. The zero-order valence-electron chi connectivity index (χ0n) is 18.2. The monoisotopic (exact) mass is 417 g/mol. The van der Waals surface area contributed by atoms with Crippen molar-refractivity contribution in [3.63, 3.8) is 0 Å². The van der Waals surface area contributed by atoms with Gasteiger partial charge in [-0.25, -0.2) is 0 Å². The van der Waals surface area contributed by atoms with Crippen molar-refractivity contribution in [2.75, 3.05) is 46.4 Å². The molecule has 6 rings (SSSR count). The van der Waals surface area contributed by atoms with E-state index < -0.39 is 0 Å². The third kappa shape index (κ3) is 3.56. The standard InChI is InChI=1S/C26H31N3O2/c1-3-7-19-14-20(10-11-23(19)31-2)25(30)27-24-21-15-28-12-13-29(16-21)18-26(24,17-28)22-8-5-4-6-9-22/h3-6,8-11,14,21,24H,1,7,12-13,15-18H2,2H3,(H,27,30)/t21?,24-,26?/m1/s1. The summed E-state index contributed by atoms with van der Waals surface area (Å²) in [5, 5.41) is 3.49. The minimum atomic E-state index is -0.0784. The van der Waals surface area contributed by atoms with Crippen molar-refractivity contribution < 1.29 is 9.53 Å². The first kappa shape index (κ1) is 20.3. The first-order chi connectivity index (χ1) is 15.1. The number of nitrogens with zero attached hydrogens (tertiary/aromatic N) is 2. The molecular weight excluding hydrogens is 386 g/mol. The average molecular weight is 418 g/mol. The zero-order chi connectivity index (χ0) is 21.4. The average Bonchev–Trinajstić information content (AvgIpc) is 3.05. The molecule has 2 aromatic rings. The van der Waals surface area contributed by atoms with Crippen LogP contribution in [0.25, 0.3) is 0 Å². The number of carbonyl (C=O) groups is 1. The molecule has 5 nitrogen and oxygen atoms in total. The lowest BCUT2D eigenvalue weighted by atomic mass is 9.64. The molecule has 0 radical (unpaired) electrons. The SMILES string of the molecule is C=CCc1cc(C(=O)N[C@@H]2C3CN4CCN(C3)CC2(c2ccccc2)C4)ccc1OC. The molecule has 0 aromatic heterocycles. The Morgan fingerprint density at radius 3 is 2.52 bits per heavy atom. The van der Waals surface area contributed by atoms with Crippen LogP contribution in [0.1, 0.15) is 21.5 Å². The molecule has 0 saturated carbocycles. The molecule has 4 bridgehead atoms. The maximum absolute atomic E-state index is 13.4. The van der Waals surface area contributed by atoms with Gasteiger partial charge in [0.05, 0.1) is 7.11 Å². The van der Waals surface area contributed by atoms with E-state index in [1.807, 2.05) is 24.3 Å². The molecule has 0 spiro atoms. The fourth-order valence-corrected chi connectivity index (χ4v) is 6.03. The fourth-order valence-electron chi connectivity index (χ4n) is 6.03. The normalized spacial score (nSPS) is 31.1. The predicted molar refractivity (Wildman–Crippen MR) is 123 cm³/mol. The maximum atomic E-state index is 13.4. The summed E-state index contributed by atoms with van der Waals surface area (Å²) in [6.07, 6.45) is 2.52. The van der Waals surface area contributed by atoms with Gasteiger partial charge in [0.15, 0.2) is 0 Å². The quantitative estimate of drug-likeness (QED) is 0.734. The summed E-state index contributed by atoms with van der Waals surface area (Å²) in [5.41, 5.74) is 2.93. The van der Waals surface area contributed by atoms with Crippen molar-refractivity contribution in [1.82, 2.24) is 15.1 Å². The van der Waals surface area contributed by atoms with Crippen LogP contribution in [0.3, 0.4) is 0 Å². The number of benzene rings is 2. The van der Waals surface area contributed by atoms with Crippen LogP contribution in [0, 0.1) is 5.92 Å². The number of rotatable bonds is 6. The topological polar surface area (TPSA) is 44.8 Å². The highest BCUT2D eigenvalue weighted by molar-refractivity contribution is 5.95. The number of amides is 1. The van der Waals surface area contributed by atoms with Crippen LogP contribution in [0.5, 0.6) is 5.75 Å². The van der Waals surface area contributed by atoms with Crippen LogP contribution >= 0.6 is 0 Å².